The summed E-state index contributed by atoms with van der Waals surface area (Å²) >= 11 is 0. The number of hydrogen-bond acceptors (Lipinski definition) is 2. The first-order valence-electron chi connectivity index (χ1n) is 7.40. The maximum atomic E-state index is 11.1. The number of benzene rings is 1. The number of carbonyl (C=O) groups is 1. The Hall–Kier alpha value is -1.51. The van der Waals surface area contributed by atoms with Crippen LogP contribution in [0.1, 0.15) is 56.5 Å². The van der Waals surface area contributed by atoms with Gasteiger partial charge in [-0.05, 0) is 49.3 Å². The molecule has 0 fully saturated rings. The van der Waals surface area contributed by atoms with Crippen LogP contribution in [0.2, 0.25) is 0 Å². The number of rotatable bonds is 7. The number of nitrogens with one attached hydrogen (secondary N) is 1. The summed E-state index contributed by atoms with van der Waals surface area (Å²) in [5, 5.41) is 12.6. The van der Waals surface area contributed by atoms with Crippen molar-refractivity contribution >= 4 is 11.7 Å². The van der Waals surface area contributed by atoms with Gasteiger partial charge in [0.15, 0.2) is 0 Å². The summed E-state index contributed by atoms with van der Waals surface area (Å²) in [4.78, 5) is 11.1. The van der Waals surface area contributed by atoms with E-state index in [9.17, 15) is 4.79 Å². The third-order valence-electron chi connectivity index (χ3n) is 3.36. The molecule has 3 nitrogen and oxygen atoms in total. The minimum absolute atomic E-state index is 0.339. The molecule has 0 unspecified atom stereocenters. The van der Waals surface area contributed by atoms with Crippen LogP contribution < -0.4 is 5.32 Å². The molecule has 0 saturated heterocycles. The molecule has 0 spiro atoms. The topological polar surface area (TPSA) is 49.3 Å². The number of aromatic carboxylic acids is 1. The molecular formula is C17H27NO2. The molecule has 0 radical (unpaired) electrons. The number of aryl methyl sites for hydroxylation is 1. The summed E-state index contributed by atoms with van der Waals surface area (Å²) in [7, 11) is 0. The number of anilines is 1. The molecule has 0 saturated carbocycles. The predicted octanol–water partition coefficient (Wildman–Crippen LogP) is 4.57. The van der Waals surface area contributed by atoms with Crippen molar-refractivity contribution < 1.29 is 9.90 Å². The summed E-state index contributed by atoms with van der Waals surface area (Å²) in [5.41, 5.74) is 2.37. The van der Waals surface area contributed by atoms with Gasteiger partial charge in [-0.15, -0.1) is 0 Å². The maximum Gasteiger partial charge on any atom is 0.335 e. The molecule has 0 amide bonds. The van der Waals surface area contributed by atoms with Crippen molar-refractivity contribution in [2.45, 2.75) is 53.5 Å². The summed E-state index contributed by atoms with van der Waals surface area (Å²) in [6.07, 6.45) is 2.18. The van der Waals surface area contributed by atoms with Crippen molar-refractivity contribution in [3.63, 3.8) is 0 Å². The van der Waals surface area contributed by atoms with E-state index in [4.69, 9.17) is 5.11 Å². The minimum atomic E-state index is -0.877. The van der Waals surface area contributed by atoms with Gasteiger partial charge < -0.3 is 10.4 Å². The zero-order valence-corrected chi connectivity index (χ0v) is 13.2. The largest absolute Gasteiger partial charge is 0.478 e. The van der Waals surface area contributed by atoms with Crippen molar-refractivity contribution in [2.75, 3.05) is 5.32 Å². The molecule has 0 aliphatic carbocycles. The quantitative estimate of drug-likeness (QED) is 0.767. The van der Waals surface area contributed by atoms with Crippen LogP contribution in [0.25, 0.3) is 0 Å². The minimum Gasteiger partial charge on any atom is -0.478 e. The Morgan fingerprint density at radius 2 is 1.70 bits per heavy atom. The van der Waals surface area contributed by atoms with Gasteiger partial charge in [0.2, 0.25) is 0 Å². The van der Waals surface area contributed by atoms with Gasteiger partial charge in [-0.2, -0.15) is 0 Å². The molecule has 0 aromatic heterocycles. The van der Waals surface area contributed by atoms with Crippen molar-refractivity contribution in [3.05, 3.63) is 29.3 Å². The van der Waals surface area contributed by atoms with Crippen LogP contribution in [0.3, 0.4) is 0 Å². The molecule has 0 aliphatic rings. The first-order valence-corrected chi connectivity index (χ1v) is 7.40. The van der Waals surface area contributed by atoms with E-state index in [-0.39, 0.29) is 0 Å². The zero-order chi connectivity index (χ0) is 15.3. The highest BCUT2D eigenvalue weighted by atomic mass is 16.4. The Kier molecular flexibility index (Phi) is 6.05. The van der Waals surface area contributed by atoms with E-state index in [1.165, 1.54) is 0 Å². The maximum absolute atomic E-state index is 11.1. The van der Waals surface area contributed by atoms with Crippen LogP contribution in [-0.2, 0) is 0 Å². The first kappa shape index (κ1) is 16.5. The van der Waals surface area contributed by atoms with E-state index in [1.807, 2.05) is 13.0 Å². The molecule has 1 rings (SSSR count). The van der Waals surface area contributed by atoms with Crippen molar-refractivity contribution in [3.8, 4) is 0 Å². The molecule has 0 heterocycles. The Labute approximate surface area is 122 Å². The fraction of sp³-hybridized carbons (Fsp3) is 0.588. The lowest BCUT2D eigenvalue weighted by atomic mass is 9.95. The highest BCUT2D eigenvalue weighted by Crippen LogP contribution is 2.22. The van der Waals surface area contributed by atoms with Gasteiger partial charge in [-0.25, -0.2) is 4.79 Å². The molecule has 0 aliphatic heterocycles. The van der Waals surface area contributed by atoms with E-state index >= 15 is 0 Å². The van der Waals surface area contributed by atoms with Gasteiger partial charge in [0.1, 0.15) is 0 Å². The van der Waals surface area contributed by atoms with E-state index in [0.717, 1.165) is 24.1 Å². The molecular weight excluding hydrogens is 250 g/mol. The van der Waals surface area contributed by atoms with E-state index < -0.39 is 5.97 Å². The Morgan fingerprint density at radius 1 is 1.15 bits per heavy atom. The Morgan fingerprint density at radius 3 is 2.15 bits per heavy atom. The van der Waals surface area contributed by atoms with Crippen LogP contribution in [-0.4, -0.2) is 17.1 Å². The second-order valence-corrected chi connectivity index (χ2v) is 6.44. The summed E-state index contributed by atoms with van der Waals surface area (Å²) in [6.45, 7) is 10.9. The van der Waals surface area contributed by atoms with Crippen molar-refractivity contribution in [1.29, 1.82) is 0 Å². The molecule has 3 heteroatoms. The van der Waals surface area contributed by atoms with Crippen LogP contribution in [0.15, 0.2) is 18.2 Å². The molecule has 1 aromatic carbocycles. The summed E-state index contributed by atoms with van der Waals surface area (Å²) in [5.74, 6) is 0.362. The highest BCUT2D eigenvalue weighted by Gasteiger charge is 2.15. The van der Waals surface area contributed by atoms with Crippen LogP contribution in [0.4, 0.5) is 5.69 Å². The number of carboxylic acids is 1. The van der Waals surface area contributed by atoms with Gasteiger partial charge in [0.05, 0.1) is 5.56 Å². The van der Waals surface area contributed by atoms with Crippen LogP contribution >= 0.6 is 0 Å². The number of carboxylic acid groups (broad SMARTS) is 1. The molecule has 1 aromatic rings. The smallest absolute Gasteiger partial charge is 0.335 e. The van der Waals surface area contributed by atoms with Crippen molar-refractivity contribution in [1.82, 2.24) is 0 Å². The van der Waals surface area contributed by atoms with Crippen LogP contribution in [0, 0.1) is 18.8 Å². The van der Waals surface area contributed by atoms with Gasteiger partial charge >= 0.3 is 5.97 Å². The Bertz CT molecular complexity index is 442. The monoisotopic (exact) mass is 277 g/mol. The lowest BCUT2D eigenvalue weighted by Crippen LogP contribution is -2.24. The predicted molar refractivity (Wildman–Crippen MR) is 84.5 cm³/mol. The Balaban J connectivity index is 2.91. The fourth-order valence-corrected chi connectivity index (χ4v) is 2.48. The number of hydrogen-bond donors (Lipinski definition) is 2. The van der Waals surface area contributed by atoms with E-state index in [1.54, 1.807) is 12.1 Å². The van der Waals surface area contributed by atoms with Gasteiger partial charge in [-0.3, -0.25) is 0 Å². The lowest BCUT2D eigenvalue weighted by Gasteiger charge is -2.24. The van der Waals surface area contributed by atoms with Gasteiger partial charge in [0, 0.05) is 11.7 Å². The summed E-state index contributed by atoms with van der Waals surface area (Å²) in [6, 6.07) is 5.65. The standard InChI is InChI=1S/C17H27NO2/c1-11(2)8-15(9-12(3)4)18-16-10-14(17(19)20)7-6-13(16)5/h6-7,10-12,15,18H,8-9H2,1-5H3,(H,19,20). The van der Waals surface area contributed by atoms with Crippen LogP contribution in [0.5, 0.6) is 0 Å². The highest BCUT2D eigenvalue weighted by molar-refractivity contribution is 5.89. The zero-order valence-electron chi connectivity index (χ0n) is 13.2. The van der Waals surface area contributed by atoms with Gasteiger partial charge in [-0.1, -0.05) is 33.8 Å². The summed E-state index contributed by atoms with van der Waals surface area (Å²) < 4.78 is 0. The molecule has 2 N–H and O–H groups in total. The third-order valence-corrected chi connectivity index (χ3v) is 3.36. The average Bonchev–Trinajstić information content (AvgIpc) is 2.29. The van der Waals surface area contributed by atoms with E-state index in [2.05, 4.69) is 33.0 Å². The van der Waals surface area contributed by atoms with E-state index in [0.29, 0.717) is 23.4 Å². The third kappa shape index (κ3) is 5.24. The van der Waals surface area contributed by atoms with Crippen molar-refractivity contribution in [2.24, 2.45) is 11.8 Å². The molecule has 0 bridgehead atoms. The average molecular weight is 277 g/mol. The molecule has 112 valence electrons. The second kappa shape index (κ2) is 7.32. The second-order valence-electron chi connectivity index (χ2n) is 6.44. The SMILES string of the molecule is Cc1ccc(C(=O)O)cc1NC(CC(C)C)CC(C)C. The van der Waals surface area contributed by atoms with Gasteiger partial charge in [0.25, 0.3) is 0 Å². The molecule has 0 atom stereocenters. The fourth-order valence-electron chi connectivity index (χ4n) is 2.48. The molecule has 20 heavy (non-hydrogen) atoms. The lowest BCUT2D eigenvalue weighted by molar-refractivity contribution is 0.0697. The normalized spacial score (nSPS) is 11.4. The first-order chi connectivity index (χ1) is 9.29.